The van der Waals surface area contributed by atoms with Gasteiger partial charge in [-0.2, -0.15) is 0 Å². The molecule has 0 bridgehead atoms. The zero-order valence-electron chi connectivity index (χ0n) is 11.1. The standard InChI is InChI=1S/C13H14FN3O2S/c1-7-8(2)19-13(16-7)20-6-10-4-3-9(5-11(10)14)12(15)17-18/h3-5,18H,6H2,1-2H3,(H2,15,17). The van der Waals surface area contributed by atoms with E-state index < -0.39 is 5.82 Å². The predicted octanol–water partition coefficient (Wildman–Crippen LogP) is 2.82. The Labute approximate surface area is 119 Å². The molecule has 1 aromatic heterocycles. The molecule has 0 aliphatic carbocycles. The second-order valence-electron chi connectivity index (χ2n) is 4.20. The molecule has 0 fully saturated rings. The van der Waals surface area contributed by atoms with Gasteiger partial charge in [-0.05, 0) is 25.5 Å². The topological polar surface area (TPSA) is 84.6 Å². The summed E-state index contributed by atoms with van der Waals surface area (Å²) in [4.78, 5) is 4.22. The van der Waals surface area contributed by atoms with Crippen LogP contribution < -0.4 is 5.73 Å². The molecule has 20 heavy (non-hydrogen) atoms. The highest BCUT2D eigenvalue weighted by Crippen LogP contribution is 2.25. The van der Waals surface area contributed by atoms with Crippen molar-refractivity contribution in [1.82, 2.24) is 4.98 Å². The summed E-state index contributed by atoms with van der Waals surface area (Å²) >= 11 is 1.31. The maximum Gasteiger partial charge on any atom is 0.256 e. The Morgan fingerprint density at radius 2 is 2.25 bits per heavy atom. The predicted molar refractivity (Wildman–Crippen MR) is 74.4 cm³/mol. The van der Waals surface area contributed by atoms with Gasteiger partial charge < -0.3 is 15.4 Å². The van der Waals surface area contributed by atoms with Crippen LogP contribution in [0.5, 0.6) is 0 Å². The van der Waals surface area contributed by atoms with Crippen LogP contribution in [0.4, 0.5) is 4.39 Å². The molecule has 0 atom stereocenters. The van der Waals surface area contributed by atoms with Gasteiger partial charge in [-0.15, -0.1) is 0 Å². The van der Waals surface area contributed by atoms with Crippen molar-refractivity contribution in [3.63, 3.8) is 0 Å². The maximum atomic E-state index is 13.9. The minimum absolute atomic E-state index is 0.123. The second-order valence-corrected chi connectivity index (χ2v) is 5.13. The first-order valence-electron chi connectivity index (χ1n) is 5.84. The molecule has 1 heterocycles. The Morgan fingerprint density at radius 3 is 2.80 bits per heavy atom. The average molecular weight is 295 g/mol. The minimum Gasteiger partial charge on any atom is -0.437 e. The number of aromatic nitrogens is 1. The fourth-order valence-corrected chi connectivity index (χ4v) is 2.42. The fraction of sp³-hybridized carbons (Fsp3) is 0.231. The number of oxime groups is 1. The van der Waals surface area contributed by atoms with Crippen molar-refractivity contribution < 1.29 is 14.0 Å². The summed E-state index contributed by atoms with van der Waals surface area (Å²) in [5.74, 6) is 0.612. The number of nitrogens with zero attached hydrogens (tertiary/aromatic N) is 2. The van der Waals surface area contributed by atoms with E-state index in [1.165, 1.54) is 17.8 Å². The number of hydrogen-bond donors (Lipinski definition) is 2. The Balaban J connectivity index is 2.10. The van der Waals surface area contributed by atoms with Gasteiger partial charge in [0.05, 0.1) is 5.69 Å². The Morgan fingerprint density at radius 1 is 1.50 bits per heavy atom. The molecule has 2 aromatic rings. The quantitative estimate of drug-likeness (QED) is 0.298. The Hall–Kier alpha value is -2.02. The van der Waals surface area contributed by atoms with E-state index in [9.17, 15) is 4.39 Å². The number of halogens is 1. The number of benzene rings is 1. The zero-order valence-corrected chi connectivity index (χ0v) is 11.9. The van der Waals surface area contributed by atoms with Crippen molar-refractivity contribution in [3.05, 3.63) is 46.6 Å². The summed E-state index contributed by atoms with van der Waals surface area (Å²) < 4.78 is 19.3. The van der Waals surface area contributed by atoms with Gasteiger partial charge >= 0.3 is 0 Å². The molecule has 7 heteroatoms. The number of amidine groups is 1. The van der Waals surface area contributed by atoms with Crippen LogP contribution >= 0.6 is 11.8 Å². The lowest BCUT2D eigenvalue weighted by Crippen LogP contribution is -2.13. The first kappa shape index (κ1) is 14.4. The molecule has 106 valence electrons. The summed E-state index contributed by atoms with van der Waals surface area (Å²) in [6.07, 6.45) is 0. The molecule has 0 spiro atoms. The largest absolute Gasteiger partial charge is 0.437 e. The number of oxazole rings is 1. The highest BCUT2D eigenvalue weighted by Gasteiger charge is 2.10. The van der Waals surface area contributed by atoms with Gasteiger partial charge in [-0.3, -0.25) is 0 Å². The molecule has 5 nitrogen and oxygen atoms in total. The maximum absolute atomic E-state index is 13.9. The van der Waals surface area contributed by atoms with Crippen molar-refractivity contribution >= 4 is 17.6 Å². The number of rotatable bonds is 4. The van der Waals surface area contributed by atoms with E-state index in [0.717, 1.165) is 11.5 Å². The van der Waals surface area contributed by atoms with Gasteiger partial charge in [0.15, 0.2) is 5.84 Å². The third-order valence-electron chi connectivity index (χ3n) is 2.82. The van der Waals surface area contributed by atoms with E-state index >= 15 is 0 Å². The van der Waals surface area contributed by atoms with Gasteiger partial charge in [0.2, 0.25) is 0 Å². The molecule has 0 saturated carbocycles. The van der Waals surface area contributed by atoms with Gasteiger partial charge in [0.25, 0.3) is 5.22 Å². The third-order valence-corrected chi connectivity index (χ3v) is 3.69. The lowest BCUT2D eigenvalue weighted by atomic mass is 10.1. The Kier molecular flexibility index (Phi) is 4.29. The highest BCUT2D eigenvalue weighted by atomic mass is 32.2. The van der Waals surface area contributed by atoms with Gasteiger partial charge in [0, 0.05) is 11.3 Å². The first-order valence-corrected chi connectivity index (χ1v) is 6.83. The monoisotopic (exact) mass is 295 g/mol. The summed E-state index contributed by atoms with van der Waals surface area (Å²) in [7, 11) is 0. The number of hydrogen-bond acceptors (Lipinski definition) is 5. The van der Waals surface area contributed by atoms with E-state index in [0.29, 0.717) is 22.1 Å². The van der Waals surface area contributed by atoms with Crippen LogP contribution in [0.3, 0.4) is 0 Å². The van der Waals surface area contributed by atoms with Crippen LogP contribution in [0.2, 0.25) is 0 Å². The molecular formula is C13H14FN3O2S. The van der Waals surface area contributed by atoms with E-state index in [4.69, 9.17) is 15.4 Å². The smallest absolute Gasteiger partial charge is 0.256 e. The lowest BCUT2D eigenvalue weighted by molar-refractivity contribution is 0.318. The summed E-state index contributed by atoms with van der Waals surface area (Å²) in [5.41, 5.74) is 7.06. The van der Waals surface area contributed by atoms with Crippen LogP contribution in [0.25, 0.3) is 0 Å². The third kappa shape index (κ3) is 3.11. The van der Waals surface area contributed by atoms with E-state index in [2.05, 4.69) is 10.1 Å². The molecule has 0 amide bonds. The van der Waals surface area contributed by atoms with E-state index in [1.54, 1.807) is 12.1 Å². The van der Waals surface area contributed by atoms with Crippen LogP contribution in [-0.2, 0) is 5.75 Å². The molecule has 0 unspecified atom stereocenters. The van der Waals surface area contributed by atoms with Gasteiger partial charge in [-0.25, -0.2) is 9.37 Å². The van der Waals surface area contributed by atoms with Crippen molar-refractivity contribution in [2.45, 2.75) is 24.8 Å². The second kappa shape index (κ2) is 5.96. The van der Waals surface area contributed by atoms with Crippen LogP contribution in [0.1, 0.15) is 22.6 Å². The SMILES string of the molecule is Cc1nc(SCc2ccc(/C(N)=N/O)cc2F)oc1C. The molecule has 1 aromatic carbocycles. The van der Waals surface area contributed by atoms with Crippen LogP contribution in [0.15, 0.2) is 33.0 Å². The summed E-state index contributed by atoms with van der Waals surface area (Å²) in [6.45, 7) is 3.69. The summed E-state index contributed by atoms with van der Waals surface area (Å²) in [5, 5.41) is 11.9. The van der Waals surface area contributed by atoms with E-state index in [1.807, 2.05) is 13.8 Å². The van der Waals surface area contributed by atoms with Crippen LogP contribution in [-0.4, -0.2) is 16.0 Å². The molecule has 0 saturated heterocycles. The molecular weight excluding hydrogens is 281 g/mol. The van der Waals surface area contributed by atoms with Gasteiger partial charge in [-0.1, -0.05) is 29.1 Å². The summed E-state index contributed by atoms with van der Waals surface area (Å²) in [6, 6.07) is 4.43. The molecule has 0 aliphatic heterocycles. The normalized spacial score (nSPS) is 11.8. The molecule has 0 radical (unpaired) electrons. The first-order chi connectivity index (χ1) is 9.51. The van der Waals surface area contributed by atoms with Crippen molar-refractivity contribution in [1.29, 1.82) is 0 Å². The van der Waals surface area contributed by atoms with Crippen molar-refractivity contribution in [2.24, 2.45) is 10.9 Å². The molecule has 2 rings (SSSR count). The highest BCUT2D eigenvalue weighted by molar-refractivity contribution is 7.98. The minimum atomic E-state index is -0.415. The molecule has 3 N–H and O–H groups in total. The molecule has 0 aliphatic rings. The average Bonchev–Trinajstić information content (AvgIpc) is 2.75. The number of nitrogens with two attached hydrogens (primary N) is 1. The fourth-order valence-electron chi connectivity index (χ4n) is 1.53. The van der Waals surface area contributed by atoms with E-state index in [-0.39, 0.29) is 5.84 Å². The van der Waals surface area contributed by atoms with Gasteiger partial charge in [0.1, 0.15) is 11.6 Å². The number of aryl methyl sites for hydroxylation is 2. The lowest BCUT2D eigenvalue weighted by Gasteiger charge is -2.04. The number of thioether (sulfide) groups is 1. The van der Waals surface area contributed by atoms with Crippen molar-refractivity contribution in [2.75, 3.05) is 0 Å². The van der Waals surface area contributed by atoms with Crippen molar-refractivity contribution in [3.8, 4) is 0 Å². The zero-order chi connectivity index (χ0) is 14.7. The Bertz CT molecular complexity index is 636. The van der Waals surface area contributed by atoms with Crippen LogP contribution in [0, 0.1) is 19.7 Å².